The average molecular weight is 381 g/mol. The predicted octanol–water partition coefficient (Wildman–Crippen LogP) is 4.12. The highest BCUT2D eigenvalue weighted by Gasteiger charge is 2.24. The van der Waals surface area contributed by atoms with Crippen molar-refractivity contribution in [3.63, 3.8) is 0 Å². The molecule has 1 atom stereocenters. The molecule has 7 heteroatoms. The van der Waals surface area contributed by atoms with Crippen molar-refractivity contribution in [1.82, 2.24) is 14.9 Å². The summed E-state index contributed by atoms with van der Waals surface area (Å²) in [7, 11) is 1.63. The molecule has 5 nitrogen and oxygen atoms in total. The fourth-order valence-corrected chi connectivity index (χ4v) is 3.44. The van der Waals surface area contributed by atoms with Gasteiger partial charge in [0.25, 0.3) is 11.5 Å². The number of carbonyl (C=O) groups excluding carboxylic acids is 1. The SMILES string of the molecule is C[C@H](c1c[nH]c(=O)c2cc(F)c(F)cc12)N(C)C(=O)c1c[nH]c2ccccc12. The van der Waals surface area contributed by atoms with Gasteiger partial charge in [-0.25, -0.2) is 8.78 Å². The van der Waals surface area contributed by atoms with Crippen LogP contribution >= 0.6 is 0 Å². The molecular formula is C21H17F2N3O2. The van der Waals surface area contributed by atoms with E-state index in [9.17, 15) is 18.4 Å². The lowest BCUT2D eigenvalue weighted by Crippen LogP contribution is -2.30. The zero-order valence-electron chi connectivity index (χ0n) is 15.2. The highest BCUT2D eigenvalue weighted by Crippen LogP contribution is 2.29. The van der Waals surface area contributed by atoms with Gasteiger partial charge in [0.1, 0.15) is 0 Å². The van der Waals surface area contributed by atoms with Crippen LogP contribution in [0.2, 0.25) is 0 Å². The van der Waals surface area contributed by atoms with Gasteiger partial charge in [0, 0.05) is 30.3 Å². The first-order valence-electron chi connectivity index (χ1n) is 8.72. The third-order valence-electron chi connectivity index (χ3n) is 5.15. The van der Waals surface area contributed by atoms with Crippen molar-refractivity contribution in [2.75, 3.05) is 7.05 Å². The second kappa shape index (κ2) is 6.60. The van der Waals surface area contributed by atoms with E-state index in [0.29, 0.717) is 11.1 Å². The molecule has 0 unspecified atom stereocenters. The molecule has 2 aromatic carbocycles. The summed E-state index contributed by atoms with van der Waals surface area (Å²) in [4.78, 5) is 32.2. The van der Waals surface area contributed by atoms with Crippen molar-refractivity contribution in [2.45, 2.75) is 13.0 Å². The standard InChI is InChI=1S/C21H17F2N3O2/c1-11(15-9-25-20(27)14-8-18(23)17(22)7-13(14)15)26(2)21(28)16-10-24-19-6-4-3-5-12(16)19/h3-11,24H,1-2H3,(H,25,27)/t11-/m1/s1. The van der Waals surface area contributed by atoms with E-state index >= 15 is 0 Å². The summed E-state index contributed by atoms with van der Waals surface area (Å²) in [5, 5.41) is 1.11. The van der Waals surface area contributed by atoms with E-state index in [1.54, 1.807) is 20.2 Å². The Kier molecular flexibility index (Phi) is 4.22. The van der Waals surface area contributed by atoms with Crippen molar-refractivity contribution >= 4 is 27.6 Å². The summed E-state index contributed by atoms with van der Waals surface area (Å²) in [6.45, 7) is 1.76. The van der Waals surface area contributed by atoms with Crippen molar-refractivity contribution in [3.8, 4) is 0 Å². The highest BCUT2D eigenvalue weighted by molar-refractivity contribution is 6.06. The van der Waals surface area contributed by atoms with Crippen LogP contribution in [0.3, 0.4) is 0 Å². The Morgan fingerprint density at radius 3 is 2.43 bits per heavy atom. The van der Waals surface area contributed by atoms with E-state index in [1.807, 2.05) is 24.3 Å². The Bertz CT molecular complexity index is 1280. The number of nitrogens with one attached hydrogen (secondary N) is 2. The molecular weight excluding hydrogens is 364 g/mol. The van der Waals surface area contributed by atoms with E-state index in [4.69, 9.17) is 0 Å². The lowest BCUT2D eigenvalue weighted by molar-refractivity contribution is 0.0745. The van der Waals surface area contributed by atoms with E-state index in [-0.39, 0.29) is 16.7 Å². The molecule has 4 aromatic rings. The molecule has 2 heterocycles. The summed E-state index contributed by atoms with van der Waals surface area (Å²) >= 11 is 0. The van der Waals surface area contributed by atoms with E-state index in [2.05, 4.69) is 9.97 Å². The van der Waals surface area contributed by atoms with Crippen LogP contribution in [0.15, 0.2) is 53.6 Å². The molecule has 2 aromatic heterocycles. The highest BCUT2D eigenvalue weighted by atomic mass is 19.2. The molecule has 0 aliphatic heterocycles. The molecule has 0 aliphatic rings. The number of amides is 1. The summed E-state index contributed by atoms with van der Waals surface area (Å²) in [5.74, 6) is -2.37. The maximum Gasteiger partial charge on any atom is 0.256 e. The average Bonchev–Trinajstić information content (AvgIpc) is 3.12. The topological polar surface area (TPSA) is 69.0 Å². The van der Waals surface area contributed by atoms with Gasteiger partial charge >= 0.3 is 0 Å². The van der Waals surface area contributed by atoms with Gasteiger partial charge in [0.15, 0.2) is 11.6 Å². The number of benzene rings is 2. The quantitative estimate of drug-likeness (QED) is 0.560. The number of para-hydroxylation sites is 1. The zero-order valence-corrected chi connectivity index (χ0v) is 15.2. The van der Waals surface area contributed by atoms with Crippen molar-refractivity contribution in [2.24, 2.45) is 0 Å². The number of aromatic amines is 2. The minimum absolute atomic E-state index is 0.0381. The number of H-pyrrole nitrogens is 2. The van der Waals surface area contributed by atoms with E-state index in [0.717, 1.165) is 23.0 Å². The minimum atomic E-state index is -1.09. The first kappa shape index (κ1) is 17.9. The van der Waals surface area contributed by atoms with Gasteiger partial charge < -0.3 is 14.9 Å². The Morgan fingerprint density at radius 1 is 1.00 bits per heavy atom. The van der Waals surface area contributed by atoms with Gasteiger partial charge in [-0.15, -0.1) is 0 Å². The molecule has 0 spiro atoms. The second-order valence-electron chi connectivity index (χ2n) is 6.73. The number of fused-ring (bicyclic) bond motifs is 2. The summed E-state index contributed by atoms with van der Waals surface area (Å²) < 4.78 is 27.4. The van der Waals surface area contributed by atoms with E-state index < -0.39 is 23.2 Å². The number of nitrogens with zero attached hydrogens (tertiary/aromatic N) is 1. The van der Waals surface area contributed by atoms with E-state index in [1.165, 1.54) is 11.1 Å². The van der Waals surface area contributed by atoms with Crippen molar-refractivity contribution in [1.29, 1.82) is 0 Å². The Labute approximate surface area is 158 Å². The van der Waals surface area contributed by atoms with Crippen LogP contribution < -0.4 is 5.56 Å². The van der Waals surface area contributed by atoms with Crippen LogP contribution in [0.4, 0.5) is 8.78 Å². The molecule has 4 rings (SSSR count). The number of hydrogen-bond donors (Lipinski definition) is 2. The maximum absolute atomic E-state index is 13.8. The lowest BCUT2D eigenvalue weighted by Gasteiger charge is -2.26. The van der Waals surface area contributed by atoms with Crippen LogP contribution in [0.1, 0.15) is 28.9 Å². The fraction of sp³-hybridized carbons (Fsp3) is 0.143. The number of pyridine rings is 1. The lowest BCUT2D eigenvalue weighted by atomic mass is 10.0. The maximum atomic E-state index is 13.8. The van der Waals surface area contributed by atoms with Gasteiger partial charge in [-0.1, -0.05) is 18.2 Å². The number of hydrogen-bond acceptors (Lipinski definition) is 2. The number of carbonyl (C=O) groups is 1. The molecule has 0 bridgehead atoms. The van der Waals surface area contributed by atoms with Crippen LogP contribution in [0.25, 0.3) is 21.7 Å². The molecule has 142 valence electrons. The fourth-order valence-electron chi connectivity index (χ4n) is 3.44. The van der Waals surface area contributed by atoms with Gasteiger partial charge in [-0.2, -0.15) is 0 Å². The summed E-state index contributed by atoms with van der Waals surface area (Å²) in [5.41, 5.74) is 1.36. The smallest absolute Gasteiger partial charge is 0.256 e. The van der Waals surface area contributed by atoms with Crippen LogP contribution in [0, 0.1) is 11.6 Å². The number of halogens is 2. The molecule has 0 saturated carbocycles. The number of rotatable bonds is 3. The molecule has 28 heavy (non-hydrogen) atoms. The molecule has 0 radical (unpaired) electrons. The second-order valence-corrected chi connectivity index (χ2v) is 6.73. The summed E-state index contributed by atoms with van der Waals surface area (Å²) in [6.07, 6.45) is 3.09. The molecule has 0 saturated heterocycles. The van der Waals surface area contributed by atoms with Crippen molar-refractivity contribution < 1.29 is 13.6 Å². The molecule has 1 amide bonds. The Hall–Kier alpha value is -3.48. The zero-order chi connectivity index (χ0) is 20.0. The van der Waals surface area contributed by atoms with Gasteiger partial charge in [-0.3, -0.25) is 9.59 Å². The molecule has 0 fully saturated rings. The largest absolute Gasteiger partial charge is 0.360 e. The molecule has 2 N–H and O–H groups in total. The number of aromatic nitrogens is 2. The van der Waals surface area contributed by atoms with Gasteiger partial charge in [0.05, 0.1) is 17.0 Å². The van der Waals surface area contributed by atoms with Crippen molar-refractivity contribution in [3.05, 3.63) is 81.9 Å². The Balaban J connectivity index is 1.78. The minimum Gasteiger partial charge on any atom is -0.360 e. The van der Waals surface area contributed by atoms with Crippen LogP contribution in [-0.4, -0.2) is 27.8 Å². The predicted molar refractivity (Wildman–Crippen MR) is 103 cm³/mol. The van der Waals surface area contributed by atoms with Crippen LogP contribution in [-0.2, 0) is 0 Å². The third kappa shape index (κ3) is 2.76. The monoisotopic (exact) mass is 381 g/mol. The first-order chi connectivity index (χ1) is 13.4. The normalized spacial score (nSPS) is 12.4. The van der Waals surface area contributed by atoms with Gasteiger partial charge in [-0.05, 0) is 36.1 Å². The van der Waals surface area contributed by atoms with Gasteiger partial charge in [0.2, 0.25) is 0 Å². The van der Waals surface area contributed by atoms with Crippen LogP contribution in [0.5, 0.6) is 0 Å². The first-order valence-corrected chi connectivity index (χ1v) is 8.72. The molecule has 0 aliphatic carbocycles. The Morgan fingerprint density at radius 2 is 1.68 bits per heavy atom. The third-order valence-corrected chi connectivity index (χ3v) is 5.15. The summed E-state index contributed by atoms with van der Waals surface area (Å²) in [6, 6.07) is 8.83.